The molecule has 0 unspecified atom stereocenters. The normalized spacial score (nSPS) is 16.0. The first kappa shape index (κ1) is 21.6. The quantitative estimate of drug-likeness (QED) is 0.466. The predicted octanol–water partition coefficient (Wildman–Crippen LogP) is 1.76. The molecule has 3 aromatic rings. The highest BCUT2D eigenvalue weighted by Crippen LogP contribution is 2.38. The minimum absolute atomic E-state index is 0.183. The number of hydrogen-bond donors (Lipinski definition) is 1. The summed E-state index contributed by atoms with van der Waals surface area (Å²) in [7, 11) is 3.17. The number of methoxy groups -OCH3 is 2. The van der Waals surface area contributed by atoms with Gasteiger partial charge in [0, 0.05) is 35.7 Å². The Morgan fingerprint density at radius 2 is 1.76 bits per heavy atom. The molecular formula is C26H23NO7. The van der Waals surface area contributed by atoms with E-state index in [1.54, 1.807) is 20.3 Å². The maximum absolute atomic E-state index is 12.4. The third kappa shape index (κ3) is 3.67. The van der Waals surface area contributed by atoms with E-state index >= 15 is 0 Å². The van der Waals surface area contributed by atoms with Crippen LogP contribution in [0.5, 0.6) is 23.0 Å². The molecule has 34 heavy (non-hydrogen) atoms. The molecule has 0 radical (unpaired) electrons. The van der Waals surface area contributed by atoms with E-state index in [2.05, 4.69) is 5.32 Å². The smallest absolute Gasteiger partial charge is 0.339 e. The minimum atomic E-state index is -0.740. The van der Waals surface area contributed by atoms with Crippen molar-refractivity contribution in [3.05, 3.63) is 58.0 Å². The van der Waals surface area contributed by atoms with Gasteiger partial charge in [0.2, 0.25) is 6.79 Å². The molecule has 8 heteroatoms. The fourth-order valence-corrected chi connectivity index (χ4v) is 4.51. The van der Waals surface area contributed by atoms with Gasteiger partial charge in [0.1, 0.15) is 0 Å². The number of hydrogen-bond acceptors (Lipinski definition) is 8. The molecular weight excluding hydrogens is 438 g/mol. The average Bonchev–Trinajstić information content (AvgIpc) is 3.28. The van der Waals surface area contributed by atoms with Crippen LogP contribution < -0.4 is 34.7 Å². The summed E-state index contributed by atoms with van der Waals surface area (Å²) in [5.41, 5.74) is 2.89. The molecule has 2 aliphatic heterocycles. The summed E-state index contributed by atoms with van der Waals surface area (Å²) >= 11 is 0. The molecule has 0 fully saturated rings. The second-order valence-electron chi connectivity index (χ2n) is 7.90. The van der Waals surface area contributed by atoms with Crippen LogP contribution in [0.1, 0.15) is 18.1 Å². The average molecular weight is 461 g/mol. The Hall–Kier alpha value is -4.20. The molecule has 2 aliphatic rings. The first-order valence-electron chi connectivity index (χ1n) is 10.8. The highest BCUT2D eigenvalue weighted by Gasteiger charge is 2.23. The van der Waals surface area contributed by atoms with Crippen LogP contribution in [0.3, 0.4) is 0 Å². The van der Waals surface area contributed by atoms with Gasteiger partial charge >= 0.3 is 11.9 Å². The van der Waals surface area contributed by atoms with Gasteiger partial charge in [-0.3, -0.25) is 4.79 Å². The summed E-state index contributed by atoms with van der Waals surface area (Å²) in [6, 6.07) is 11.4. The molecule has 3 aromatic carbocycles. The van der Waals surface area contributed by atoms with Gasteiger partial charge in [-0.2, -0.15) is 0 Å². The first-order chi connectivity index (χ1) is 16.5. The van der Waals surface area contributed by atoms with Gasteiger partial charge < -0.3 is 29.0 Å². The summed E-state index contributed by atoms with van der Waals surface area (Å²) < 4.78 is 27.1. The van der Waals surface area contributed by atoms with Crippen LogP contribution in [0.25, 0.3) is 22.5 Å². The van der Waals surface area contributed by atoms with E-state index in [9.17, 15) is 9.59 Å². The molecule has 174 valence electrons. The van der Waals surface area contributed by atoms with E-state index in [-0.39, 0.29) is 6.79 Å². The van der Waals surface area contributed by atoms with Gasteiger partial charge in [-0.25, -0.2) is 4.79 Å². The zero-order chi connectivity index (χ0) is 23.8. The Labute approximate surface area is 195 Å². The summed E-state index contributed by atoms with van der Waals surface area (Å²) in [4.78, 5) is 23.7. The highest BCUT2D eigenvalue weighted by atomic mass is 16.7. The van der Waals surface area contributed by atoms with E-state index < -0.39 is 11.9 Å². The van der Waals surface area contributed by atoms with Crippen molar-refractivity contribution in [2.24, 2.45) is 0 Å². The van der Waals surface area contributed by atoms with E-state index in [4.69, 9.17) is 23.7 Å². The lowest BCUT2D eigenvalue weighted by Gasteiger charge is -2.23. The zero-order valence-electron chi connectivity index (χ0n) is 19.0. The van der Waals surface area contributed by atoms with Crippen molar-refractivity contribution < 1.29 is 33.3 Å². The number of fused-ring (bicyclic) bond motifs is 3. The van der Waals surface area contributed by atoms with Crippen molar-refractivity contribution in [2.45, 2.75) is 13.3 Å². The lowest BCUT2D eigenvalue weighted by molar-refractivity contribution is -0.153. The van der Waals surface area contributed by atoms with Crippen molar-refractivity contribution in [2.75, 3.05) is 27.6 Å². The number of carbonyl (C=O) groups is 2. The minimum Gasteiger partial charge on any atom is -0.493 e. The maximum atomic E-state index is 12.4. The molecule has 2 heterocycles. The van der Waals surface area contributed by atoms with E-state index in [0.717, 1.165) is 45.0 Å². The van der Waals surface area contributed by atoms with Gasteiger partial charge in [0.05, 0.1) is 19.9 Å². The fourth-order valence-electron chi connectivity index (χ4n) is 4.51. The van der Waals surface area contributed by atoms with Crippen LogP contribution in [0, 0.1) is 0 Å². The van der Waals surface area contributed by atoms with Crippen molar-refractivity contribution in [1.29, 1.82) is 0 Å². The largest absolute Gasteiger partial charge is 0.493 e. The zero-order valence-corrected chi connectivity index (χ0v) is 19.0. The van der Waals surface area contributed by atoms with Crippen LogP contribution in [-0.2, 0) is 20.7 Å². The van der Waals surface area contributed by atoms with Crippen molar-refractivity contribution >= 4 is 34.5 Å². The van der Waals surface area contributed by atoms with Gasteiger partial charge in [-0.1, -0.05) is 6.07 Å². The summed E-state index contributed by atoms with van der Waals surface area (Å²) in [5.74, 6) is 1.16. The number of nitrogens with one attached hydrogen (secondary N) is 1. The van der Waals surface area contributed by atoms with Gasteiger partial charge in [0.15, 0.2) is 23.0 Å². The van der Waals surface area contributed by atoms with Crippen LogP contribution in [0.2, 0.25) is 0 Å². The molecule has 0 spiro atoms. The Morgan fingerprint density at radius 3 is 2.50 bits per heavy atom. The van der Waals surface area contributed by atoms with Crippen LogP contribution in [0.4, 0.5) is 0 Å². The molecule has 0 atom stereocenters. The van der Waals surface area contributed by atoms with Crippen molar-refractivity contribution in [3.8, 4) is 23.0 Å². The summed E-state index contributed by atoms with van der Waals surface area (Å²) in [5, 5.41) is 6.54. The molecule has 0 amide bonds. The first-order valence-corrected chi connectivity index (χ1v) is 10.8. The van der Waals surface area contributed by atoms with E-state index in [1.165, 1.54) is 13.0 Å². The number of benzene rings is 3. The third-order valence-corrected chi connectivity index (χ3v) is 5.90. The van der Waals surface area contributed by atoms with Gasteiger partial charge in [-0.15, -0.1) is 0 Å². The Kier molecular flexibility index (Phi) is 5.49. The fraction of sp³-hybridized carbons (Fsp3) is 0.231. The molecule has 0 bridgehead atoms. The monoisotopic (exact) mass is 461 g/mol. The molecule has 5 rings (SSSR count). The van der Waals surface area contributed by atoms with Crippen molar-refractivity contribution in [3.63, 3.8) is 0 Å². The maximum Gasteiger partial charge on any atom is 0.339 e. The molecule has 0 saturated heterocycles. The lowest BCUT2D eigenvalue weighted by atomic mass is 9.93. The predicted molar refractivity (Wildman–Crippen MR) is 124 cm³/mol. The van der Waals surface area contributed by atoms with Crippen LogP contribution >= 0.6 is 0 Å². The van der Waals surface area contributed by atoms with Crippen LogP contribution in [0.15, 0.2) is 36.4 Å². The number of carbonyl (C=O) groups excluding carboxylic acids is 2. The molecule has 0 aliphatic carbocycles. The lowest BCUT2D eigenvalue weighted by Crippen LogP contribution is -2.37. The summed E-state index contributed by atoms with van der Waals surface area (Å²) in [6.45, 7) is 2.08. The van der Waals surface area contributed by atoms with E-state index in [0.29, 0.717) is 29.0 Å². The van der Waals surface area contributed by atoms with Crippen LogP contribution in [-0.4, -0.2) is 39.5 Å². The number of ether oxygens (including phenoxy) is 5. The Bertz CT molecular complexity index is 1460. The van der Waals surface area contributed by atoms with Gasteiger partial charge in [-0.05, 0) is 52.9 Å². The molecule has 0 aromatic heterocycles. The standard InChI is InChI=1S/C26H23NO7/c1-14(28)34-23(29)11-16-4-5-18-17(6-7-20(30-2)26(18)31-3)24(16)25-19-12-22-21(32-13-33-22)10-15(19)8-9-27-25/h4-7,10-12,27H,8-9,13H2,1-3H3/b16-11+,25-24-. The Morgan fingerprint density at radius 1 is 1.00 bits per heavy atom. The van der Waals surface area contributed by atoms with Gasteiger partial charge in [0.25, 0.3) is 0 Å². The molecule has 0 saturated carbocycles. The second-order valence-corrected chi connectivity index (χ2v) is 7.90. The second kappa shape index (κ2) is 8.62. The molecule has 1 N–H and O–H groups in total. The topological polar surface area (TPSA) is 92.3 Å². The van der Waals surface area contributed by atoms with E-state index in [1.807, 2.05) is 30.3 Å². The van der Waals surface area contributed by atoms with Crippen molar-refractivity contribution in [1.82, 2.24) is 5.32 Å². The SMILES string of the molecule is COc1ccc2c(=C3\NCCc4cc5c(cc43)OCO5)/c(=C/C(=O)OC(C)=O)ccc2c1OC. The Balaban J connectivity index is 1.90. The number of esters is 2. The summed E-state index contributed by atoms with van der Waals surface area (Å²) in [6.07, 6.45) is 2.13. The molecule has 8 nitrogen and oxygen atoms in total. The third-order valence-electron chi connectivity index (χ3n) is 5.90. The highest BCUT2D eigenvalue weighted by molar-refractivity contribution is 6.05. The number of rotatable bonds is 3.